The normalized spacial score (nSPS) is 11.1. The van der Waals surface area contributed by atoms with Crippen LogP contribution in [0.2, 0.25) is 0 Å². The third kappa shape index (κ3) is 5.13. The second kappa shape index (κ2) is 10.7. The monoisotopic (exact) mass is 496 g/mol. The van der Waals surface area contributed by atoms with E-state index >= 15 is 0 Å². The van der Waals surface area contributed by atoms with Gasteiger partial charge in [0.25, 0.3) is 11.5 Å². The summed E-state index contributed by atoms with van der Waals surface area (Å²) in [4.78, 5) is 37.8. The molecule has 2 aromatic carbocycles. The van der Waals surface area contributed by atoms with Gasteiger partial charge in [0, 0.05) is 18.7 Å². The van der Waals surface area contributed by atoms with E-state index in [2.05, 4.69) is 5.32 Å². The van der Waals surface area contributed by atoms with Crippen molar-refractivity contribution in [1.29, 1.82) is 5.26 Å². The van der Waals surface area contributed by atoms with Gasteiger partial charge in [-0.05, 0) is 50.2 Å². The van der Waals surface area contributed by atoms with Crippen molar-refractivity contribution >= 4 is 23.6 Å². The summed E-state index contributed by atoms with van der Waals surface area (Å²) in [7, 11) is 1.71. The van der Waals surface area contributed by atoms with Crippen molar-refractivity contribution in [2.75, 3.05) is 11.9 Å². The highest BCUT2D eigenvalue weighted by molar-refractivity contribution is 6.09. The average molecular weight is 497 g/mol. The molecule has 0 aliphatic rings. The van der Waals surface area contributed by atoms with E-state index in [1.54, 1.807) is 74.1 Å². The van der Waals surface area contributed by atoms with Gasteiger partial charge in [-0.2, -0.15) is 5.26 Å². The predicted molar refractivity (Wildman–Crippen MR) is 138 cm³/mol. The molecule has 37 heavy (non-hydrogen) atoms. The standard InChI is InChI=1S/C28H24N4O5/c1-4-36-28(35)20-12-10-19(11-13-20)24-15-14-23(37-24)16-21(17-29)26(33)30-25-18(2)31(3)32(27(25)34)22-8-6-5-7-9-22/h5-16H,4H2,1-3H3,(H,30,33). The summed E-state index contributed by atoms with van der Waals surface area (Å²) in [6.07, 6.45) is 1.31. The molecule has 9 nitrogen and oxygen atoms in total. The van der Waals surface area contributed by atoms with Crippen LogP contribution in [0.3, 0.4) is 0 Å². The highest BCUT2D eigenvalue weighted by Gasteiger charge is 2.20. The summed E-state index contributed by atoms with van der Waals surface area (Å²) in [5, 5.41) is 12.2. The van der Waals surface area contributed by atoms with Crippen LogP contribution in [0.25, 0.3) is 23.1 Å². The van der Waals surface area contributed by atoms with Gasteiger partial charge >= 0.3 is 5.97 Å². The first-order valence-electron chi connectivity index (χ1n) is 11.5. The molecule has 2 aromatic heterocycles. The van der Waals surface area contributed by atoms with Gasteiger partial charge < -0.3 is 14.5 Å². The molecule has 1 N–H and O–H groups in total. The maximum Gasteiger partial charge on any atom is 0.338 e. The third-order valence-corrected chi connectivity index (χ3v) is 5.75. The number of nitrogens with zero attached hydrogens (tertiary/aromatic N) is 3. The van der Waals surface area contributed by atoms with Crippen LogP contribution in [-0.4, -0.2) is 27.8 Å². The Labute approximate surface area is 212 Å². The van der Waals surface area contributed by atoms with Gasteiger partial charge in [-0.3, -0.25) is 14.3 Å². The lowest BCUT2D eigenvalue weighted by molar-refractivity contribution is -0.112. The Morgan fingerprint density at radius 1 is 1.08 bits per heavy atom. The van der Waals surface area contributed by atoms with Crippen molar-refractivity contribution in [2.24, 2.45) is 7.05 Å². The highest BCUT2D eigenvalue weighted by atomic mass is 16.5. The number of rotatable bonds is 7. The Bertz CT molecular complexity index is 1580. The van der Waals surface area contributed by atoms with E-state index in [9.17, 15) is 19.6 Å². The number of aromatic nitrogens is 2. The van der Waals surface area contributed by atoms with Gasteiger partial charge in [-0.25, -0.2) is 9.48 Å². The highest BCUT2D eigenvalue weighted by Crippen LogP contribution is 2.24. The number of para-hydroxylation sites is 1. The zero-order chi connectivity index (χ0) is 26.5. The molecule has 186 valence electrons. The Balaban J connectivity index is 1.55. The van der Waals surface area contributed by atoms with Crippen molar-refractivity contribution in [3.05, 3.63) is 99.7 Å². The number of nitriles is 1. The molecule has 0 aliphatic heterocycles. The minimum Gasteiger partial charge on any atom is -0.462 e. The second-order valence-corrected chi connectivity index (χ2v) is 8.06. The molecule has 0 radical (unpaired) electrons. The number of nitrogens with one attached hydrogen (secondary N) is 1. The third-order valence-electron chi connectivity index (χ3n) is 5.75. The fourth-order valence-corrected chi connectivity index (χ4v) is 3.75. The van der Waals surface area contributed by atoms with Gasteiger partial charge in [-0.1, -0.05) is 30.3 Å². The van der Waals surface area contributed by atoms with Crippen molar-refractivity contribution in [2.45, 2.75) is 13.8 Å². The number of benzene rings is 2. The number of ether oxygens (including phenoxy) is 1. The van der Waals surface area contributed by atoms with Crippen LogP contribution in [-0.2, 0) is 16.6 Å². The van der Waals surface area contributed by atoms with Crippen LogP contribution in [0, 0.1) is 18.3 Å². The van der Waals surface area contributed by atoms with E-state index in [0.717, 1.165) is 0 Å². The van der Waals surface area contributed by atoms with Crippen LogP contribution in [0.4, 0.5) is 5.69 Å². The smallest absolute Gasteiger partial charge is 0.338 e. The van der Waals surface area contributed by atoms with E-state index in [1.165, 1.54) is 10.8 Å². The summed E-state index contributed by atoms with van der Waals surface area (Å²) in [5.74, 6) is -0.372. The van der Waals surface area contributed by atoms with Crippen LogP contribution >= 0.6 is 0 Å². The van der Waals surface area contributed by atoms with E-state index in [0.29, 0.717) is 28.3 Å². The zero-order valence-corrected chi connectivity index (χ0v) is 20.5. The SMILES string of the molecule is CCOC(=O)c1ccc(-c2ccc(C=C(C#N)C(=O)Nc3c(C)n(C)n(-c4ccccc4)c3=O)o2)cc1. The lowest BCUT2D eigenvalue weighted by Gasteiger charge is -2.07. The summed E-state index contributed by atoms with van der Waals surface area (Å²) in [5.41, 5.74) is 1.74. The van der Waals surface area contributed by atoms with Gasteiger partial charge in [0.15, 0.2) is 0 Å². The second-order valence-electron chi connectivity index (χ2n) is 8.06. The van der Waals surface area contributed by atoms with Crippen LogP contribution in [0.1, 0.15) is 28.7 Å². The van der Waals surface area contributed by atoms with E-state index in [-0.39, 0.29) is 23.6 Å². The molecule has 0 saturated heterocycles. The Kier molecular flexibility index (Phi) is 7.21. The minimum atomic E-state index is -0.731. The average Bonchev–Trinajstić information content (AvgIpc) is 3.46. The lowest BCUT2D eigenvalue weighted by atomic mass is 10.1. The van der Waals surface area contributed by atoms with Crippen molar-refractivity contribution in [3.8, 4) is 23.1 Å². The molecule has 2 heterocycles. The quantitative estimate of drug-likeness (QED) is 0.229. The predicted octanol–water partition coefficient (Wildman–Crippen LogP) is 4.47. The van der Waals surface area contributed by atoms with Gasteiger partial charge in [0.2, 0.25) is 0 Å². The summed E-state index contributed by atoms with van der Waals surface area (Å²) < 4.78 is 13.8. The van der Waals surface area contributed by atoms with Gasteiger partial charge in [-0.15, -0.1) is 0 Å². The topological polar surface area (TPSA) is 119 Å². The molecule has 0 spiro atoms. The van der Waals surface area contributed by atoms with Gasteiger partial charge in [0.05, 0.1) is 23.6 Å². The van der Waals surface area contributed by atoms with Crippen LogP contribution in [0.5, 0.6) is 0 Å². The first-order chi connectivity index (χ1) is 17.8. The van der Waals surface area contributed by atoms with Crippen molar-refractivity contribution < 1.29 is 18.7 Å². The van der Waals surface area contributed by atoms with Crippen molar-refractivity contribution in [3.63, 3.8) is 0 Å². The number of carbonyl (C=O) groups is 2. The fourth-order valence-electron chi connectivity index (χ4n) is 3.75. The number of hydrogen-bond donors (Lipinski definition) is 1. The first-order valence-corrected chi connectivity index (χ1v) is 11.5. The van der Waals surface area contributed by atoms with Crippen molar-refractivity contribution in [1.82, 2.24) is 9.36 Å². The number of carbonyl (C=O) groups excluding carboxylic acids is 2. The molecule has 0 unspecified atom stereocenters. The summed E-state index contributed by atoms with van der Waals surface area (Å²) in [6, 6.07) is 20.9. The molecule has 1 amide bonds. The summed E-state index contributed by atoms with van der Waals surface area (Å²) >= 11 is 0. The molecular formula is C28H24N4O5. The molecule has 0 aliphatic carbocycles. The molecule has 4 rings (SSSR count). The number of esters is 1. The molecular weight excluding hydrogens is 472 g/mol. The summed E-state index contributed by atoms with van der Waals surface area (Å²) in [6.45, 7) is 3.73. The first kappa shape index (κ1) is 25.0. The number of hydrogen-bond acceptors (Lipinski definition) is 6. The Morgan fingerprint density at radius 3 is 2.43 bits per heavy atom. The molecule has 9 heteroatoms. The largest absolute Gasteiger partial charge is 0.462 e. The zero-order valence-electron chi connectivity index (χ0n) is 20.5. The van der Waals surface area contributed by atoms with E-state index in [1.807, 2.05) is 24.3 Å². The number of amides is 1. The van der Waals surface area contributed by atoms with Crippen LogP contribution < -0.4 is 10.9 Å². The molecule has 0 saturated carbocycles. The van der Waals surface area contributed by atoms with Gasteiger partial charge in [0.1, 0.15) is 28.9 Å². The lowest BCUT2D eigenvalue weighted by Crippen LogP contribution is -2.23. The minimum absolute atomic E-state index is 0.0827. The van der Waals surface area contributed by atoms with Crippen LogP contribution in [0.15, 0.2) is 81.5 Å². The maximum atomic E-state index is 13.1. The number of furan rings is 1. The fraction of sp³-hybridized carbons (Fsp3) is 0.143. The maximum absolute atomic E-state index is 13.1. The van der Waals surface area contributed by atoms with E-state index in [4.69, 9.17) is 9.15 Å². The molecule has 0 atom stereocenters. The number of anilines is 1. The Morgan fingerprint density at radius 2 is 1.78 bits per heavy atom. The molecule has 0 bridgehead atoms. The Hall–Kier alpha value is -5.10. The van der Waals surface area contributed by atoms with E-state index < -0.39 is 17.4 Å². The molecule has 0 fully saturated rings. The molecule has 4 aromatic rings.